The van der Waals surface area contributed by atoms with E-state index in [9.17, 15) is 4.79 Å². The number of aromatic nitrogens is 4. The average molecular weight is 365 g/mol. The summed E-state index contributed by atoms with van der Waals surface area (Å²) in [5, 5.41) is 7.44. The van der Waals surface area contributed by atoms with E-state index in [1.165, 1.54) is 0 Å². The van der Waals surface area contributed by atoms with Crippen molar-refractivity contribution >= 4 is 11.6 Å². The van der Waals surface area contributed by atoms with Crippen LogP contribution in [0.5, 0.6) is 0 Å². The van der Waals surface area contributed by atoms with E-state index < -0.39 is 0 Å². The van der Waals surface area contributed by atoms with Gasteiger partial charge in [-0.1, -0.05) is 12.1 Å². The maximum atomic E-state index is 12.8. The van der Waals surface area contributed by atoms with Crippen LogP contribution in [0.4, 0.5) is 5.69 Å². The molecular formula is C20H23N5O2. The lowest BCUT2D eigenvalue weighted by Gasteiger charge is -2.23. The fourth-order valence-electron chi connectivity index (χ4n) is 3.52. The summed E-state index contributed by atoms with van der Waals surface area (Å²) in [6, 6.07) is 8.00. The zero-order valence-corrected chi connectivity index (χ0v) is 15.6. The summed E-state index contributed by atoms with van der Waals surface area (Å²) < 4.78 is 9.32. The van der Waals surface area contributed by atoms with Gasteiger partial charge in [-0.15, -0.1) is 0 Å². The van der Waals surface area contributed by atoms with Gasteiger partial charge in [-0.05, 0) is 31.9 Å². The Labute approximate surface area is 158 Å². The minimum atomic E-state index is -0.150. The van der Waals surface area contributed by atoms with Gasteiger partial charge >= 0.3 is 0 Å². The zero-order chi connectivity index (χ0) is 18.8. The predicted molar refractivity (Wildman–Crippen MR) is 103 cm³/mol. The van der Waals surface area contributed by atoms with Gasteiger partial charge in [0.15, 0.2) is 0 Å². The largest absolute Gasteiger partial charge is 0.381 e. The van der Waals surface area contributed by atoms with Gasteiger partial charge in [0.25, 0.3) is 5.91 Å². The first-order valence-corrected chi connectivity index (χ1v) is 9.14. The zero-order valence-electron chi connectivity index (χ0n) is 15.6. The summed E-state index contributed by atoms with van der Waals surface area (Å²) in [6.07, 6.45) is 7.16. The van der Waals surface area contributed by atoms with Crippen LogP contribution in [0.1, 0.15) is 34.9 Å². The molecule has 4 rings (SSSR count). The lowest BCUT2D eigenvalue weighted by Crippen LogP contribution is -2.22. The van der Waals surface area contributed by atoms with E-state index in [2.05, 4.69) is 15.4 Å². The minimum absolute atomic E-state index is 0.150. The van der Waals surface area contributed by atoms with Crippen LogP contribution in [0.3, 0.4) is 0 Å². The molecule has 1 amide bonds. The molecule has 1 N–H and O–H groups in total. The van der Waals surface area contributed by atoms with Crippen LogP contribution in [-0.2, 0) is 11.8 Å². The number of carbonyl (C=O) groups is 1. The molecule has 7 nitrogen and oxygen atoms in total. The molecule has 0 radical (unpaired) electrons. The van der Waals surface area contributed by atoms with Crippen LogP contribution in [-0.4, -0.2) is 38.5 Å². The van der Waals surface area contributed by atoms with Crippen molar-refractivity contribution in [3.8, 4) is 11.4 Å². The predicted octanol–water partition coefficient (Wildman–Crippen LogP) is 3.20. The van der Waals surface area contributed by atoms with Crippen LogP contribution >= 0.6 is 0 Å². The molecular weight excluding hydrogens is 342 g/mol. The maximum absolute atomic E-state index is 12.8. The average Bonchev–Trinajstić information content (AvgIpc) is 3.28. The van der Waals surface area contributed by atoms with Gasteiger partial charge in [0.2, 0.25) is 0 Å². The highest BCUT2D eigenvalue weighted by atomic mass is 16.5. The van der Waals surface area contributed by atoms with E-state index >= 15 is 0 Å². The topological polar surface area (TPSA) is 74.0 Å². The Morgan fingerprint density at radius 1 is 1.30 bits per heavy atom. The van der Waals surface area contributed by atoms with Crippen molar-refractivity contribution in [3.63, 3.8) is 0 Å². The molecule has 140 valence electrons. The number of aryl methyl sites for hydroxylation is 1. The second-order valence-corrected chi connectivity index (χ2v) is 6.83. The first-order chi connectivity index (χ1) is 13.1. The van der Waals surface area contributed by atoms with Crippen LogP contribution in [0.15, 0.2) is 42.9 Å². The monoisotopic (exact) mass is 365 g/mol. The second-order valence-electron chi connectivity index (χ2n) is 6.83. The van der Waals surface area contributed by atoms with Crippen LogP contribution in [0.25, 0.3) is 11.4 Å². The summed E-state index contributed by atoms with van der Waals surface area (Å²) in [5.74, 6) is 0.706. The fourth-order valence-corrected chi connectivity index (χ4v) is 3.52. The van der Waals surface area contributed by atoms with Crippen LogP contribution in [0, 0.1) is 6.92 Å². The third-order valence-corrected chi connectivity index (χ3v) is 5.03. The number of hydrogen-bond acceptors (Lipinski definition) is 4. The summed E-state index contributed by atoms with van der Waals surface area (Å²) >= 11 is 0. The Morgan fingerprint density at radius 2 is 2.11 bits per heavy atom. The molecule has 0 unspecified atom stereocenters. The van der Waals surface area contributed by atoms with Gasteiger partial charge in [-0.3, -0.25) is 9.48 Å². The third-order valence-electron chi connectivity index (χ3n) is 5.03. The molecule has 27 heavy (non-hydrogen) atoms. The summed E-state index contributed by atoms with van der Waals surface area (Å²) in [6.45, 7) is 3.43. The van der Waals surface area contributed by atoms with Crippen LogP contribution < -0.4 is 5.32 Å². The Kier molecular flexibility index (Phi) is 4.77. The number of imidazole rings is 1. The molecule has 7 heteroatoms. The number of anilines is 1. The Bertz CT molecular complexity index is 953. The molecule has 0 spiro atoms. The molecule has 1 aliphatic rings. The van der Waals surface area contributed by atoms with Crippen molar-refractivity contribution in [1.82, 2.24) is 19.3 Å². The van der Waals surface area contributed by atoms with E-state index in [1.807, 2.05) is 53.7 Å². The van der Waals surface area contributed by atoms with Crippen molar-refractivity contribution < 1.29 is 9.53 Å². The normalized spacial score (nSPS) is 15.0. The molecule has 3 heterocycles. The molecule has 0 aliphatic carbocycles. The number of hydrogen-bond donors (Lipinski definition) is 1. The molecule has 3 aromatic rings. The Balaban J connectivity index is 1.53. The first-order valence-electron chi connectivity index (χ1n) is 9.14. The fraction of sp³-hybridized carbons (Fsp3) is 0.350. The summed E-state index contributed by atoms with van der Waals surface area (Å²) in [7, 11) is 1.95. The first kappa shape index (κ1) is 17.5. The second kappa shape index (κ2) is 7.36. The molecule has 0 bridgehead atoms. The number of rotatable bonds is 4. The van der Waals surface area contributed by atoms with Crippen LogP contribution in [0.2, 0.25) is 0 Å². The molecule has 0 atom stereocenters. The smallest absolute Gasteiger partial charge is 0.259 e. The van der Waals surface area contributed by atoms with E-state index in [-0.39, 0.29) is 5.91 Å². The molecule has 2 aromatic heterocycles. The van der Waals surface area contributed by atoms with Crippen molar-refractivity contribution in [2.75, 3.05) is 18.5 Å². The molecule has 1 fully saturated rings. The Morgan fingerprint density at radius 3 is 2.85 bits per heavy atom. The van der Waals surface area contributed by atoms with Gasteiger partial charge in [0.1, 0.15) is 5.82 Å². The highest BCUT2D eigenvalue weighted by molar-refractivity contribution is 6.05. The Hall–Kier alpha value is -2.93. The molecule has 0 saturated carbocycles. The van der Waals surface area contributed by atoms with Crippen molar-refractivity contribution in [3.05, 3.63) is 54.1 Å². The molecule has 1 aromatic carbocycles. The lowest BCUT2D eigenvalue weighted by molar-refractivity contribution is 0.0656. The highest BCUT2D eigenvalue weighted by Crippen LogP contribution is 2.24. The van der Waals surface area contributed by atoms with Gasteiger partial charge in [0, 0.05) is 49.6 Å². The molecule has 1 aliphatic heterocycles. The minimum Gasteiger partial charge on any atom is -0.381 e. The number of nitrogens with one attached hydrogen (secondary N) is 1. The summed E-state index contributed by atoms with van der Waals surface area (Å²) in [4.78, 5) is 17.1. The quantitative estimate of drug-likeness (QED) is 0.770. The number of carbonyl (C=O) groups excluding carboxylic acids is 1. The van der Waals surface area contributed by atoms with Gasteiger partial charge in [0.05, 0.1) is 17.8 Å². The SMILES string of the molecule is Cc1c(C(=O)Nc2cccc(-c3nccn3C)c2)cnn1C1CCOCC1. The van der Waals surface area contributed by atoms with Crippen molar-refractivity contribution in [2.24, 2.45) is 7.05 Å². The third kappa shape index (κ3) is 3.50. The molecule has 1 saturated heterocycles. The van der Waals surface area contributed by atoms with E-state index in [0.717, 1.165) is 48.8 Å². The lowest BCUT2D eigenvalue weighted by atomic mass is 10.1. The summed E-state index contributed by atoms with van der Waals surface area (Å²) in [5.41, 5.74) is 3.18. The van der Waals surface area contributed by atoms with E-state index in [1.54, 1.807) is 12.4 Å². The van der Waals surface area contributed by atoms with Crippen molar-refractivity contribution in [2.45, 2.75) is 25.8 Å². The maximum Gasteiger partial charge on any atom is 0.259 e. The number of amides is 1. The highest BCUT2D eigenvalue weighted by Gasteiger charge is 2.22. The standard InChI is InChI=1S/C20H23N5O2/c1-14-18(13-22-25(14)17-6-10-27-11-7-17)20(26)23-16-5-3-4-15(12-16)19-21-8-9-24(19)2/h3-5,8-9,12-13,17H,6-7,10-11H2,1-2H3,(H,23,26). The number of nitrogens with zero attached hydrogens (tertiary/aromatic N) is 4. The van der Waals surface area contributed by atoms with Crippen molar-refractivity contribution in [1.29, 1.82) is 0 Å². The van der Waals surface area contributed by atoms with Gasteiger partial charge in [-0.25, -0.2) is 4.98 Å². The van der Waals surface area contributed by atoms with Gasteiger partial charge in [-0.2, -0.15) is 5.10 Å². The van der Waals surface area contributed by atoms with Gasteiger partial charge < -0.3 is 14.6 Å². The number of benzene rings is 1. The van der Waals surface area contributed by atoms with E-state index in [4.69, 9.17) is 4.74 Å². The number of ether oxygens (including phenoxy) is 1. The van der Waals surface area contributed by atoms with E-state index in [0.29, 0.717) is 11.6 Å².